The maximum Gasteiger partial charge on any atom is 0.305 e. The average Bonchev–Trinajstić information content (AvgIpc) is 2.89. The topological polar surface area (TPSA) is 91.6 Å². The molecule has 3 aromatic rings. The number of rotatable bonds is 2. The minimum Gasteiger partial charge on any atom is -0.507 e. The summed E-state index contributed by atoms with van der Waals surface area (Å²) in [6.07, 6.45) is 0. The van der Waals surface area contributed by atoms with Crippen molar-refractivity contribution in [3.05, 3.63) is 64.4 Å². The SMILES string of the molecule is Cc1c(C(=O)NNC(=O)c2ccccc2O)oc2ccc(Cl)cc12. The van der Waals surface area contributed by atoms with E-state index in [0.29, 0.717) is 16.2 Å². The number of hydrazine groups is 1. The third-order valence-corrected chi connectivity index (χ3v) is 3.78. The number of para-hydroxylation sites is 1. The van der Waals surface area contributed by atoms with E-state index in [1.165, 1.54) is 12.1 Å². The van der Waals surface area contributed by atoms with Crippen molar-refractivity contribution in [2.75, 3.05) is 0 Å². The van der Waals surface area contributed by atoms with Crippen molar-refractivity contribution in [3.8, 4) is 5.75 Å². The number of hydrogen-bond donors (Lipinski definition) is 3. The van der Waals surface area contributed by atoms with Gasteiger partial charge in [0.25, 0.3) is 5.91 Å². The highest BCUT2D eigenvalue weighted by Crippen LogP contribution is 2.27. The lowest BCUT2D eigenvalue weighted by atomic mass is 10.1. The van der Waals surface area contributed by atoms with E-state index in [1.54, 1.807) is 37.3 Å². The molecule has 24 heavy (non-hydrogen) atoms. The van der Waals surface area contributed by atoms with Gasteiger partial charge in [0, 0.05) is 16.0 Å². The number of hydrogen-bond acceptors (Lipinski definition) is 4. The molecular formula is C17H13ClN2O4. The van der Waals surface area contributed by atoms with Crippen LogP contribution in [0.15, 0.2) is 46.9 Å². The van der Waals surface area contributed by atoms with Gasteiger partial charge in [0.2, 0.25) is 0 Å². The summed E-state index contributed by atoms with van der Waals surface area (Å²) < 4.78 is 5.51. The lowest BCUT2D eigenvalue weighted by molar-refractivity contribution is 0.0830. The molecule has 0 saturated carbocycles. The maximum atomic E-state index is 12.2. The number of furan rings is 1. The van der Waals surface area contributed by atoms with Crippen LogP contribution < -0.4 is 10.9 Å². The number of phenolic OH excluding ortho intramolecular Hbond substituents is 1. The van der Waals surface area contributed by atoms with E-state index in [2.05, 4.69) is 10.9 Å². The molecule has 0 saturated heterocycles. The van der Waals surface area contributed by atoms with Gasteiger partial charge in [0.15, 0.2) is 5.76 Å². The summed E-state index contributed by atoms with van der Waals surface area (Å²) in [5, 5.41) is 10.9. The Labute approximate surface area is 142 Å². The van der Waals surface area contributed by atoms with Gasteiger partial charge in [-0.25, -0.2) is 0 Å². The number of benzene rings is 2. The smallest absolute Gasteiger partial charge is 0.305 e. The Kier molecular flexibility index (Phi) is 4.14. The largest absolute Gasteiger partial charge is 0.507 e. The van der Waals surface area contributed by atoms with Crippen molar-refractivity contribution in [2.45, 2.75) is 6.92 Å². The Morgan fingerprint density at radius 3 is 2.54 bits per heavy atom. The first-order valence-electron chi connectivity index (χ1n) is 7.04. The Hall–Kier alpha value is -2.99. The minimum absolute atomic E-state index is 0.0471. The van der Waals surface area contributed by atoms with Crippen molar-refractivity contribution in [3.63, 3.8) is 0 Å². The fourth-order valence-electron chi connectivity index (χ4n) is 2.31. The van der Waals surface area contributed by atoms with E-state index in [-0.39, 0.29) is 17.1 Å². The van der Waals surface area contributed by atoms with E-state index in [1.807, 2.05) is 0 Å². The number of carbonyl (C=O) groups is 2. The lowest BCUT2D eigenvalue weighted by Gasteiger charge is -2.07. The lowest BCUT2D eigenvalue weighted by Crippen LogP contribution is -2.41. The first-order valence-corrected chi connectivity index (χ1v) is 7.42. The van der Waals surface area contributed by atoms with Crippen molar-refractivity contribution >= 4 is 34.4 Å². The molecule has 122 valence electrons. The molecule has 3 rings (SSSR count). The van der Waals surface area contributed by atoms with E-state index in [4.69, 9.17) is 16.0 Å². The number of nitrogens with one attached hydrogen (secondary N) is 2. The molecule has 0 unspecified atom stereocenters. The molecule has 0 radical (unpaired) electrons. The predicted molar refractivity (Wildman–Crippen MR) is 89.0 cm³/mol. The van der Waals surface area contributed by atoms with E-state index in [9.17, 15) is 14.7 Å². The van der Waals surface area contributed by atoms with Gasteiger partial charge in [0.1, 0.15) is 11.3 Å². The summed E-state index contributed by atoms with van der Waals surface area (Å²) in [5.74, 6) is -1.36. The molecule has 0 aliphatic rings. The Balaban J connectivity index is 1.77. The van der Waals surface area contributed by atoms with Crippen LogP contribution in [0.1, 0.15) is 26.5 Å². The summed E-state index contributed by atoms with van der Waals surface area (Å²) in [6.45, 7) is 1.72. The van der Waals surface area contributed by atoms with Crippen LogP contribution in [0.3, 0.4) is 0 Å². The zero-order valence-electron chi connectivity index (χ0n) is 12.6. The number of halogens is 1. The number of carbonyl (C=O) groups excluding carboxylic acids is 2. The second kappa shape index (κ2) is 6.25. The molecule has 0 aliphatic carbocycles. The maximum absolute atomic E-state index is 12.2. The van der Waals surface area contributed by atoms with Crippen LogP contribution in [0.2, 0.25) is 5.02 Å². The van der Waals surface area contributed by atoms with Gasteiger partial charge in [-0.1, -0.05) is 23.7 Å². The zero-order valence-corrected chi connectivity index (χ0v) is 13.3. The third kappa shape index (κ3) is 2.91. The second-order valence-electron chi connectivity index (χ2n) is 5.12. The quantitative estimate of drug-likeness (QED) is 0.623. The number of amides is 2. The fourth-order valence-corrected chi connectivity index (χ4v) is 2.49. The molecular weight excluding hydrogens is 332 g/mol. The van der Waals surface area contributed by atoms with Crippen LogP contribution in [-0.4, -0.2) is 16.9 Å². The van der Waals surface area contributed by atoms with Crippen molar-refractivity contribution < 1.29 is 19.1 Å². The van der Waals surface area contributed by atoms with Crippen molar-refractivity contribution in [2.24, 2.45) is 0 Å². The highest BCUT2D eigenvalue weighted by Gasteiger charge is 2.19. The van der Waals surface area contributed by atoms with Gasteiger partial charge < -0.3 is 9.52 Å². The van der Waals surface area contributed by atoms with E-state index in [0.717, 1.165) is 5.39 Å². The van der Waals surface area contributed by atoms with Gasteiger partial charge in [-0.2, -0.15) is 0 Å². The molecule has 2 aromatic carbocycles. The van der Waals surface area contributed by atoms with Gasteiger partial charge >= 0.3 is 5.91 Å². The Morgan fingerprint density at radius 2 is 1.79 bits per heavy atom. The number of aryl methyl sites for hydroxylation is 1. The highest BCUT2D eigenvalue weighted by molar-refractivity contribution is 6.31. The van der Waals surface area contributed by atoms with Gasteiger partial charge in [-0.15, -0.1) is 0 Å². The van der Waals surface area contributed by atoms with Crippen LogP contribution in [0.25, 0.3) is 11.0 Å². The summed E-state index contributed by atoms with van der Waals surface area (Å²) in [4.78, 5) is 24.2. The molecule has 0 bridgehead atoms. The standard InChI is InChI=1S/C17H13ClN2O4/c1-9-12-8-10(18)6-7-14(12)24-15(9)17(23)20-19-16(22)11-4-2-3-5-13(11)21/h2-8,21H,1H3,(H,19,22)(H,20,23). The monoisotopic (exact) mass is 344 g/mol. The van der Waals surface area contributed by atoms with Gasteiger partial charge in [-0.05, 0) is 37.3 Å². The van der Waals surface area contributed by atoms with Crippen LogP contribution in [-0.2, 0) is 0 Å². The van der Waals surface area contributed by atoms with Gasteiger partial charge in [-0.3, -0.25) is 20.4 Å². The molecule has 1 aromatic heterocycles. The van der Waals surface area contributed by atoms with Gasteiger partial charge in [0.05, 0.1) is 5.56 Å². The first-order chi connectivity index (χ1) is 11.5. The Morgan fingerprint density at radius 1 is 1.08 bits per heavy atom. The Bertz CT molecular complexity index is 949. The molecule has 6 nitrogen and oxygen atoms in total. The second-order valence-corrected chi connectivity index (χ2v) is 5.56. The summed E-state index contributed by atoms with van der Waals surface area (Å²) in [5.41, 5.74) is 5.68. The highest BCUT2D eigenvalue weighted by atomic mass is 35.5. The van der Waals surface area contributed by atoms with Crippen molar-refractivity contribution in [1.82, 2.24) is 10.9 Å². The first kappa shape index (κ1) is 15.9. The van der Waals surface area contributed by atoms with E-state index >= 15 is 0 Å². The molecule has 0 atom stereocenters. The van der Waals surface area contributed by atoms with Crippen LogP contribution in [0, 0.1) is 6.92 Å². The third-order valence-electron chi connectivity index (χ3n) is 3.54. The molecule has 1 heterocycles. The number of aromatic hydroxyl groups is 1. The normalized spacial score (nSPS) is 10.6. The molecule has 0 fully saturated rings. The minimum atomic E-state index is -0.641. The van der Waals surface area contributed by atoms with E-state index < -0.39 is 11.8 Å². The molecule has 0 spiro atoms. The predicted octanol–water partition coefficient (Wildman–Crippen LogP) is 3.18. The summed E-state index contributed by atoms with van der Waals surface area (Å²) in [7, 11) is 0. The average molecular weight is 345 g/mol. The molecule has 3 N–H and O–H groups in total. The van der Waals surface area contributed by atoms with Crippen LogP contribution in [0.5, 0.6) is 5.75 Å². The van der Waals surface area contributed by atoms with Crippen LogP contribution >= 0.6 is 11.6 Å². The number of fused-ring (bicyclic) bond motifs is 1. The fraction of sp³-hybridized carbons (Fsp3) is 0.0588. The molecule has 7 heteroatoms. The molecule has 2 amide bonds. The zero-order chi connectivity index (χ0) is 17.3. The van der Waals surface area contributed by atoms with Crippen molar-refractivity contribution in [1.29, 1.82) is 0 Å². The molecule has 0 aliphatic heterocycles. The number of phenols is 1. The summed E-state index contributed by atoms with van der Waals surface area (Å²) >= 11 is 5.94. The van der Waals surface area contributed by atoms with Crippen LogP contribution in [0.4, 0.5) is 0 Å². The summed E-state index contributed by atoms with van der Waals surface area (Å²) in [6, 6.07) is 11.0.